The van der Waals surface area contributed by atoms with Crippen molar-refractivity contribution in [3.63, 3.8) is 0 Å². The number of benzene rings is 2. The SMILES string of the molecule is CC(C)(COc1cccc(CC(=O)O)c1C1CC1)c1nc(-c2ccc(C(F)(F)F)cc2)co1. The Morgan fingerprint density at radius 2 is 1.85 bits per heavy atom. The summed E-state index contributed by atoms with van der Waals surface area (Å²) in [5.41, 5.74) is 1.32. The topological polar surface area (TPSA) is 72.6 Å². The zero-order valence-electron chi connectivity index (χ0n) is 18.3. The van der Waals surface area contributed by atoms with Gasteiger partial charge in [-0.1, -0.05) is 24.3 Å². The van der Waals surface area contributed by atoms with E-state index in [0.29, 0.717) is 28.8 Å². The first-order chi connectivity index (χ1) is 15.5. The second kappa shape index (κ2) is 8.57. The molecule has 0 aliphatic heterocycles. The first-order valence-electron chi connectivity index (χ1n) is 10.6. The third-order valence-corrected chi connectivity index (χ3v) is 5.66. The predicted molar refractivity (Wildman–Crippen MR) is 115 cm³/mol. The lowest BCUT2D eigenvalue weighted by Crippen LogP contribution is -2.27. The number of hydrogen-bond acceptors (Lipinski definition) is 4. The molecule has 5 nitrogen and oxygen atoms in total. The van der Waals surface area contributed by atoms with Crippen molar-refractivity contribution in [2.45, 2.75) is 50.6 Å². The van der Waals surface area contributed by atoms with Crippen molar-refractivity contribution < 1.29 is 32.2 Å². The van der Waals surface area contributed by atoms with Crippen molar-refractivity contribution in [2.75, 3.05) is 6.61 Å². The van der Waals surface area contributed by atoms with Crippen LogP contribution in [0.1, 0.15) is 55.2 Å². The van der Waals surface area contributed by atoms with E-state index in [2.05, 4.69) is 4.98 Å². The quantitative estimate of drug-likeness (QED) is 0.433. The molecule has 0 bridgehead atoms. The van der Waals surface area contributed by atoms with E-state index in [1.54, 1.807) is 6.07 Å². The van der Waals surface area contributed by atoms with Gasteiger partial charge < -0.3 is 14.3 Å². The third kappa shape index (κ3) is 5.21. The molecule has 0 unspecified atom stereocenters. The molecule has 1 aliphatic carbocycles. The molecule has 1 fully saturated rings. The number of carbonyl (C=O) groups is 1. The third-order valence-electron chi connectivity index (χ3n) is 5.66. The molecule has 0 radical (unpaired) electrons. The molecule has 1 heterocycles. The number of hydrogen-bond donors (Lipinski definition) is 1. The normalized spacial score (nSPS) is 14.3. The number of rotatable bonds is 8. The minimum atomic E-state index is -4.39. The lowest BCUT2D eigenvalue weighted by molar-refractivity contribution is -0.138. The molecule has 33 heavy (non-hydrogen) atoms. The molecule has 0 amide bonds. The van der Waals surface area contributed by atoms with Gasteiger partial charge in [-0.2, -0.15) is 13.2 Å². The summed E-state index contributed by atoms with van der Waals surface area (Å²) in [4.78, 5) is 15.7. The Kier molecular flexibility index (Phi) is 5.95. The van der Waals surface area contributed by atoms with Crippen LogP contribution < -0.4 is 4.74 Å². The number of nitrogens with zero attached hydrogens (tertiary/aromatic N) is 1. The Bertz CT molecular complexity index is 1150. The minimum absolute atomic E-state index is 0.0529. The van der Waals surface area contributed by atoms with Crippen LogP contribution in [0.5, 0.6) is 5.75 Å². The van der Waals surface area contributed by atoms with E-state index in [9.17, 15) is 23.1 Å². The van der Waals surface area contributed by atoms with Crippen LogP contribution in [-0.4, -0.2) is 22.7 Å². The van der Waals surface area contributed by atoms with Gasteiger partial charge in [-0.15, -0.1) is 0 Å². The first kappa shape index (κ1) is 22.9. The summed E-state index contributed by atoms with van der Waals surface area (Å²) in [6.07, 6.45) is -1.02. The van der Waals surface area contributed by atoms with E-state index in [4.69, 9.17) is 9.15 Å². The number of aromatic nitrogens is 1. The fraction of sp³-hybridized carbons (Fsp3) is 0.360. The van der Waals surface area contributed by atoms with E-state index in [0.717, 1.165) is 36.1 Å². The molecule has 1 saturated carbocycles. The molecule has 0 atom stereocenters. The van der Waals surface area contributed by atoms with Crippen LogP contribution >= 0.6 is 0 Å². The van der Waals surface area contributed by atoms with Crippen molar-refractivity contribution in [2.24, 2.45) is 0 Å². The lowest BCUT2D eigenvalue weighted by atomic mass is 9.94. The van der Waals surface area contributed by atoms with Gasteiger partial charge in [0.2, 0.25) is 5.89 Å². The molecular weight excluding hydrogens is 435 g/mol. The monoisotopic (exact) mass is 459 g/mol. The van der Waals surface area contributed by atoms with Crippen LogP contribution in [0.15, 0.2) is 53.1 Å². The van der Waals surface area contributed by atoms with Gasteiger partial charge in [0.05, 0.1) is 17.4 Å². The maximum absolute atomic E-state index is 12.8. The molecule has 3 aromatic rings. The molecule has 1 aliphatic rings. The van der Waals surface area contributed by atoms with Crippen molar-refractivity contribution in [1.29, 1.82) is 0 Å². The number of aliphatic carboxylic acids is 1. The smallest absolute Gasteiger partial charge is 0.416 e. The Labute approximate surface area is 189 Å². The minimum Gasteiger partial charge on any atom is -0.492 e. The van der Waals surface area contributed by atoms with Gasteiger partial charge in [-0.05, 0) is 56.4 Å². The molecular formula is C25H24F3NO4. The van der Waals surface area contributed by atoms with Crippen LogP contribution in [0, 0.1) is 0 Å². The van der Waals surface area contributed by atoms with E-state index < -0.39 is 23.1 Å². The molecule has 1 N–H and O–H groups in total. The number of oxazole rings is 1. The van der Waals surface area contributed by atoms with Gasteiger partial charge in [-0.3, -0.25) is 4.79 Å². The Balaban J connectivity index is 1.50. The second-order valence-electron chi connectivity index (χ2n) is 8.96. The molecule has 0 saturated heterocycles. The maximum atomic E-state index is 12.8. The van der Waals surface area contributed by atoms with Crippen LogP contribution in [0.3, 0.4) is 0 Å². The maximum Gasteiger partial charge on any atom is 0.416 e. The molecule has 2 aromatic carbocycles. The molecule has 0 spiro atoms. The number of carboxylic acids is 1. The molecule has 1 aromatic heterocycles. The summed E-state index contributed by atoms with van der Waals surface area (Å²) in [5, 5.41) is 9.23. The van der Waals surface area contributed by atoms with E-state index in [1.807, 2.05) is 26.0 Å². The van der Waals surface area contributed by atoms with E-state index in [-0.39, 0.29) is 13.0 Å². The van der Waals surface area contributed by atoms with Crippen molar-refractivity contribution >= 4 is 5.97 Å². The Hall–Kier alpha value is -3.29. The van der Waals surface area contributed by atoms with E-state index in [1.165, 1.54) is 18.4 Å². The average molecular weight is 459 g/mol. The summed E-state index contributed by atoms with van der Waals surface area (Å²) in [7, 11) is 0. The van der Waals surface area contributed by atoms with Gasteiger partial charge in [-0.25, -0.2) is 4.98 Å². The Morgan fingerprint density at radius 1 is 1.15 bits per heavy atom. The summed E-state index contributed by atoms with van der Waals surface area (Å²) < 4.78 is 50.2. The molecule has 174 valence electrons. The summed E-state index contributed by atoms with van der Waals surface area (Å²) in [6, 6.07) is 10.2. The fourth-order valence-corrected chi connectivity index (χ4v) is 3.73. The summed E-state index contributed by atoms with van der Waals surface area (Å²) >= 11 is 0. The number of alkyl halides is 3. The highest BCUT2D eigenvalue weighted by Crippen LogP contribution is 2.46. The van der Waals surface area contributed by atoms with Crippen LogP contribution in [-0.2, 0) is 22.8 Å². The standard InChI is InChI=1S/C25H24F3NO4/c1-24(2,14-33-20-5-3-4-17(12-21(30)31)22(20)16-6-7-16)23-29-19(13-32-23)15-8-10-18(11-9-15)25(26,27)28/h3-5,8-11,13,16H,6-7,12,14H2,1-2H3,(H,30,31). The summed E-state index contributed by atoms with van der Waals surface area (Å²) in [5.74, 6) is 0.488. The van der Waals surface area contributed by atoms with Gasteiger partial charge in [0.25, 0.3) is 0 Å². The van der Waals surface area contributed by atoms with Crippen LogP contribution in [0.4, 0.5) is 13.2 Å². The molecule has 8 heteroatoms. The number of carboxylic acid groups (broad SMARTS) is 1. The van der Waals surface area contributed by atoms with Gasteiger partial charge >= 0.3 is 12.1 Å². The highest BCUT2D eigenvalue weighted by atomic mass is 19.4. The van der Waals surface area contributed by atoms with Crippen LogP contribution in [0.2, 0.25) is 0 Å². The van der Waals surface area contributed by atoms with E-state index >= 15 is 0 Å². The largest absolute Gasteiger partial charge is 0.492 e. The average Bonchev–Trinajstić information content (AvgIpc) is 3.45. The van der Waals surface area contributed by atoms with Crippen molar-refractivity contribution in [1.82, 2.24) is 4.98 Å². The second-order valence-corrected chi connectivity index (χ2v) is 8.96. The van der Waals surface area contributed by atoms with Gasteiger partial charge in [0, 0.05) is 11.1 Å². The lowest BCUT2D eigenvalue weighted by Gasteiger charge is -2.23. The van der Waals surface area contributed by atoms with Crippen molar-refractivity contribution in [3.8, 4) is 17.0 Å². The van der Waals surface area contributed by atoms with Crippen LogP contribution in [0.25, 0.3) is 11.3 Å². The number of halogens is 3. The number of ether oxygens (including phenoxy) is 1. The summed E-state index contributed by atoms with van der Waals surface area (Å²) in [6.45, 7) is 4.02. The fourth-order valence-electron chi connectivity index (χ4n) is 3.73. The Morgan fingerprint density at radius 3 is 2.45 bits per heavy atom. The highest BCUT2D eigenvalue weighted by Gasteiger charge is 2.33. The first-order valence-corrected chi connectivity index (χ1v) is 10.6. The highest BCUT2D eigenvalue weighted by molar-refractivity contribution is 5.71. The molecule has 4 rings (SSSR count). The van der Waals surface area contributed by atoms with Gasteiger partial charge in [0.1, 0.15) is 24.3 Å². The van der Waals surface area contributed by atoms with Gasteiger partial charge in [0.15, 0.2) is 0 Å². The van der Waals surface area contributed by atoms with Crippen molar-refractivity contribution in [3.05, 3.63) is 71.3 Å². The zero-order chi connectivity index (χ0) is 23.8. The predicted octanol–water partition coefficient (Wildman–Crippen LogP) is 6.22. The zero-order valence-corrected chi connectivity index (χ0v) is 18.3.